The molecule has 4 rings (SSSR count). The summed E-state index contributed by atoms with van der Waals surface area (Å²) in [4.78, 5) is 11.2. The van der Waals surface area contributed by atoms with Gasteiger partial charge < -0.3 is 10.0 Å². The summed E-state index contributed by atoms with van der Waals surface area (Å²) in [5.41, 5.74) is 0.371. The zero-order valence-corrected chi connectivity index (χ0v) is 15.6. The molecule has 1 fully saturated rings. The third kappa shape index (κ3) is 2.72. The molecular formula is C17H24N8O. The largest absolute Gasteiger partial charge is 0.382 e. The molecule has 1 N–H and O–H groups in total. The van der Waals surface area contributed by atoms with Gasteiger partial charge in [0.05, 0.1) is 24.3 Å². The number of piperidine rings is 1. The van der Waals surface area contributed by atoms with Crippen molar-refractivity contribution in [3.63, 3.8) is 0 Å². The number of β-amino-alcohol motifs (C(OH)–C–C–N with tert-alkyl or cyclic N) is 1. The van der Waals surface area contributed by atoms with E-state index < -0.39 is 5.60 Å². The van der Waals surface area contributed by atoms with Crippen LogP contribution >= 0.6 is 0 Å². The number of aromatic nitrogens is 7. The Kier molecular flexibility index (Phi) is 3.91. The second-order valence-electron chi connectivity index (χ2n) is 7.33. The van der Waals surface area contributed by atoms with Gasteiger partial charge in [-0.3, -0.25) is 4.68 Å². The van der Waals surface area contributed by atoms with Gasteiger partial charge in [0.2, 0.25) is 0 Å². The fourth-order valence-corrected chi connectivity index (χ4v) is 3.52. The highest BCUT2D eigenvalue weighted by atomic mass is 16.3. The number of aliphatic hydroxyl groups is 1. The highest BCUT2D eigenvalue weighted by Crippen LogP contribution is 2.34. The van der Waals surface area contributed by atoms with E-state index in [4.69, 9.17) is 0 Å². The van der Waals surface area contributed by atoms with Crippen molar-refractivity contribution in [3.8, 4) is 0 Å². The third-order valence-electron chi connectivity index (χ3n) is 4.97. The molecule has 0 aliphatic carbocycles. The van der Waals surface area contributed by atoms with Crippen LogP contribution in [0.2, 0.25) is 0 Å². The van der Waals surface area contributed by atoms with Crippen LogP contribution < -0.4 is 4.90 Å². The second kappa shape index (κ2) is 6.01. The van der Waals surface area contributed by atoms with Crippen molar-refractivity contribution in [3.05, 3.63) is 23.9 Å². The standard InChI is InChI=1S/C17H24N8O/c1-11(2)25-9-14(21-22-25)17(26)6-5-7-24(10-17)16-13-8-18-23(4)15(13)19-12(3)20-16/h8-9,11,26H,5-7,10H2,1-4H3/t17-/m1/s1. The maximum atomic E-state index is 11.3. The minimum absolute atomic E-state index is 0.207. The number of hydrogen-bond acceptors (Lipinski definition) is 7. The Balaban J connectivity index is 1.70. The lowest BCUT2D eigenvalue weighted by Gasteiger charge is -2.38. The van der Waals surface area contributed by atoms with Gasteiger partial charge in [-0.05, 0) is 33.6 Å². The summed E-state index contributed by atoms with van der Waals surface area (Å²) in [7, 11) is 1.87. The van der Waals surface area contributed by atoms with Crippen LogP contribution in [0.3, 0.4) is 0 Å². The zero-order chi connectivity index (χ0) is 18.5. The summed E-state index contributed by atoms with van der Waals surface area (Å²) in [6.07, 6.45) is 5.13. The molecule has 0 spiro atoms. The van der Waals surface area contributed by atoms with Gasteiger partial charge in [0.25, 0.3) is 0 Å². The van der Waals surface area contributed by atoms with E-state index in [1.54, 1.807) is 15.6 Å². The molecule has 1 saturated heterocycles. The van der Waals surface area contributed by atoms with Crippen molar-refractivity contribution in [2.45, 2.75) is 45.3 Å². The van der Waals surface area contributed by atoms with Gasteiger partial charge in [-0.25, -0.2) is 14.6 Å². The number of fused-ring (bicyclic) bond motifs is 1. The quantitative estimate of drug-likeness (QED) is 0.756. The van der Waals surface area contributed by atoms with Gasteiger partial charge in [0, 0.05) is 19.6 Å². The third-order valence-corrected chi connectivity index (χ3v) is 4.97. The van der Waals surface area contributed by atoms with Crippen molar-refractivity contribution in [2.75, 3.05) is 18.0 Å². The number of rotatable bonds is 3. The zero-order valence-electron chi connectivity index (χ0n) is 15.6. The molecular weight excluding hydrogens is 332 g/mol. The fraction of sp³-hybridized carbons (Fsp3) is 0.588. The SMILES string of the molecule is Cc1nc(N2CCC[C@](O)(c3cn(C(C)C)nn3)C2)c2cnn(C)c2n1. The Bertz CT molecular complexity index is 946. The van der Waals surface area contributed by atoms with Gasteiger partial charge in [-0.1, -0.05) is 5.21 Å². The van der Waals surface area contributed by atoms with Crippen molar-refractivity contribution in [2.24, 2.45) is 7.05 Å². The molecule has 0 bridgehead atoms. The molecule has 0 amide bonds. The lowest BCUT2D eigenvalue weighted by molar-refractivity contribution is 0.0175. The highest BCUT2D eigenvalue weighted by Gasteiger charge is 2.38. The minimum Gasteiger partial charge on any atom is -0.382 e. The topological polar surface area (TPSA) is 97.8 Å². The van der Waals surface area contributed by atoms with Crippen molar-refractivity contribution < 1.29 is 5.11 Å². The Morgan fingerprint density at radius 3 is 2.81 bits per heavy atom. The van der Waals surface area contributed by atoms with Crippen LogP contribution in [0.25, 0.3) is 11.0 Å². The van der Waals surface area contributed by atoms with E-state index >= 15 is 0 Å². The highest BCUT2D eigenvalue weighted by molar-refractivity contribution is 5.87. The first-order valence-electron chi connectivity index (χ1n) is 8.93. The van der Waals surface area contributed by atoms with Gasteiger partial charge in [0.15, 0.2) is 5.65 Å². The van der Waals surface area contributed by atoms with Crippen LogP contribution in [0.1, 0.15) is 44.2 Å². The van der Waals surface area contributed by atoms with E-state index in [9.17, 15) is 5.11 Å². The molecule has 0 aromatic carbocycles. The first-order chi connectivity index (χ1) is 12.4. The normalized spacial score (nSPS) is 21.1. The maximum Gasteiger partial charge on any atom is 0.163 e. The molecule has 1 aliphatic heterocycles. The smallest absolute Gasteiger partial charge is 0.163 e. The van der Waals surface area contributed by atoms with Crippen LogP contribution in [-0.4, -0.2) is 52.9 Å². The first kappa shape index (κ1) is 16.9. The molecule has 0 unspecified atom stereocenters. The molecule has 1 aliphatic rings. The summed E-state index contributed by atoms with van der Waals surface area (Å²) in [5.74, 6) is 1.51. The number of aryl methyl sites for hydroxylation is 2. The maximum absolute atomic E-state index is 11.3. The summed E-state index contributed by atoms with van der Waals surface area (Å²) < 4.78 is 3.53. The summed E-state index contributed by atoms with van der Waals surface area (Å²) in [5, 5.41) is 24.9. The molecule has 3 aromatic rings. The lowest BCUT2D eigenvalue weighted by Crippen LogP contribution is -2.47. The fourth-order valence-electron chi connectivity index (χ4n) is 3.52. The summed E-state index contributed by atoms with van der Waals surface area (Å²) in [6.45, 7) is 7.20. The Labute approximate surface area is 151 Å². The van der Waals surface area contributed by atoms with Crippen LogP contribution in [-0.2, 0) is 12.6 Å². The molecule has 9 heteroatoms. The molecule has 138 valence electrons. The van der Waals surface area contributed by atoms with Crippen molar-refractivity contribution in [1.29, 1.82) is 0 Å². The predicted octanol–water partition coefficient (Wildman–Crippen LogP) is 1.33. The molecule has 3 aromatic heterocycles. The molecule has 26 heavy (non-hydrogen) atoms. The van der Waals surface area contributed by atoms with E-state index in [1.807, 2.05) is 34.0 Å². The Morgan fingerprint density at radius 2 is 2.08 bits per heavy atom. The van der Waals surface area contributed by atoms with Crippen LogP contribution in [0.15, 0.2) is 12.4 Å². The van der Waals surface area contributed by atoms with Crippen molar-refractivity contribution >= 4 is 16.9 Å². The van der Waals surface area contributed by atoms with E-state index in [-0.39, 0.29) is 6.04 Å². The van der Waals surface area contributed by atoms with E-state index in [1.165, 1.54) is 0 Å². The second-order valence-corrected chi connectivity index (χ2v) is 7.33. The molecule has 4 heterocycles. The monoisotopic (exact) mass is 356 g/mol. The van der Waals surface area contributed by atoms with Gasteiger partial charge >= 0.3 is 0 Å². The molecule has 0 saturated carbocycles. The van der Waals surface area contributed by atoms with E-state index in [0.717, 1.165) is 29.8 Å². The molecule has 9 nitrogen and oxygen atoms in total. The van der Waals surface area contributed by atoms with Crippen LogP contribution in [0, 0.1) is 6.92 Å². The van der Waals surface area contributed by atoms with E-state index in [2.05, 4.69) is 30.3 Å². The number of anilines is 1. The average Bonchev–Trinajstić information content (AvgIpc) is 3.23. The molecule has 0 radical (unpaired) electrons. The van der Waals surface area contributed by atoms with Crippen LogP contribution in [0.5, 0.6) is 0 Å². The summed E-state index contributed by atoms with van der Waals surface area (Å²) in [6, 6.07) is 0.207. The Morgan fingerprint density at radius 1 is 1.27 bits per heavy atom. The number of hydrogen-bond donors (Lipinski definition) is 1. The van der Waals surface area contributed by atoms with Gasteiger partial charge in [0.1, 0.15) is 22.9 Å². The van der Waals surface area contributed by atoms with Crippen LogP contribution in [0.4, 0.5) is 5.82 Å². The summed E-state index contributed by atoms with van der Waals surface area (Å²) >= 11 is 0. The lowest BCUT2D eigenvalue weighted by atomic mass is 9.90. The first-order valence-corrected chi connectivity index (χ1v) is 8.93. The Hall–Kier alpha value is -2.55. The molecule has 1 atom stereocenters. The van der Waals surface area contributed by atoms with E-state index in [0.29, 0.717) is 24.5 Å². The number of nitrogens with zero attached hydrogens (tertiary/aromatic N) is 8. The minimum atomic E-state index is -1.04. The van der Waals surface area contributed by atoms with Gasteiger partial charge in [-0.2, -0.15) is 5.10 Å². The average molecular weight is 356 g/mol. The van der Waals surface area contributed by atoms with Gasteiger partial charge in [-0.15, -0.1) is 5.10 Å². The predicted molar refractivity (Wildman–Crippen MR) is 96.8 cm³/mol. The van der Waals surface area contributed by atoms with Crippen molar-refractivity contribution in [1.82, 2.24) is 34.7 Å².